The van der Waals surface area contributed by atoms with Gasteiger partial charge in [0, 0.05) is 34.9 Å². The van der Waals surface area contributed by atoms with Crippen LogP contribution in [0.15, 0.2) is 53.9 Å². The fourth-order valence-corrected chi connectivity index (χ4v) is 3.18. The van der Waals surface area contributed by atoms with Crippen molar-refractivity contribution in [1.82, 2.24) is 10.3 Å². The van der Waals surface area contributed by atoms with E-state index in [2.05, 4.69) is 15.6 Å². The summed E-state index contributed by atoms with van der Waals surface area (Å²) in [6.45, 7) is 1.86. The molecule has 3 aromatic rings. The van der Waals surface area contributed by atoms with Gasteiger partial charge in [0.15, 0.2) is 6.61 Å². The lowest BCUT2D eigenvalue weighted by Gasteiger charge is -2.08. The zero-order valence-corrected chi connectivity index (χ0v) is 15.8. The molecular formula is C20H19N3O3S. The van der Waals surface area contributed by atoms with Gasteiger partial charge in [-0.25, -0.2) is 4.98 Å². The third-order valence-electron chi connectivity index (χ3n) is 3.75. The van der Waals surface area contributed by atoms with E-state index in [0.29, 0.717) is 17.0 Å². The Morgan fingerprint density at radius 2 is 1.78 bits per heavy atom. The lowest BCUT2D eigenvalue weighted by atomic mass is 10.2. The smallest absolute Gasteiger partial charge is 0.262 e. The quantitative estimate of drug-likeness (QED) is 0.685. The van der Waals surface area contributed by atoms with Crippen LogP contribution >= 0.6 is 11.3 Å². The minimum absolute atomic E-state index is 0.104. The molecule has 7 heteroatoms. The normalized spacial score (nSPS) is 10.3. The van der Waals surface area contributed by atoms with Crippen LogP contribution in [0.3, 0.4) is 0 Å². The predicted octanol–water partition coefficient (Wildman–Crippen LogP) is 3.50. The fourth-order valence-electron chi connectivity index (χ4n) is 2.38. The van der Waals surface area contributed by atoms with E-state index in [4.69, 9.17) is 4.74 Å². The zero-order valence-electron chi connectivity index (χ0n) is 15.0. The number of aromatic nitrogens is 1. The summed E-state index contributed by atoms with van der Waals surface area (Å²) in [4.78, 5) is 28.0. The highest BCUT2D eigenvalue weighted by Gasteiger charge is 2.07. The second-order valence-corrected chi connectivity index (χ2v) is 6.67. The number of ether oxygens (including phenoxy) is 1. The molecule has 0 bridgehead atoms. The number of carbonyl (C=O) groups is 2. The summed E-state index contributed by atoms with van der Waals surface area (Å²) in [7, 11) is 1.57. The van der Waals surface area contributed by atoms with Crippen LogP contribution in [0.4, 0.5) is 5.69 Å². The highest BCUT2D eigenvalue weighted by molar-refractivity contribution is 7.13. The summed E-state index contributed by atoms with van der Waals surface area (Å²) >= 11 is 1.59. The number of thiazole rings is 1. The Morgan fingerprint density at radius 3 is 2.37 bits per heavy atom. The molecule has 0 fully saturated rings. The van der Waals surface area contributed by atoms with E-state index in [-0.39, 0.29) is 18.4 Å². The van der Waals surface area contributed by atoms with Gasteiger partial charge >= 0.3 is 0 Å². The second-order valence-electron chi connectivity index (χ2n) is 5.81. The van der Waals surface area contributed by atoms with Gasteiger partial charge in [0.25, 0.3) is 11.8 Å². The van der Waals surface area contributed by atoms with Gasteiger partial charge in [0.05, 0.1) is 0 Å². The van der Waals surface area contributed by atoms with Gasteiger partial charge in [0.1, 0.15) is 10.8 Å². The Morgan fingerprint density at radius 1 is 1.07 bits per heavy atom. The molecule has 27 heavy (non-hydrogen) atoms. The lowest BCUT2D eigenvalue weighted by Crippen LogP contribution is -2.20. The van der Waals surface area contributed by atoms with Gasteiger partial charge in [-0.3, -0.25) is 9.59 Å². The maximum absolute atomic E-state index is 12.0. The van der Waals surface area contributed by atoms with Crippen molar-refractivity contribution in [1.29, 1.82) is 0 Å². The van der Waals surface area contributed by atoms with Gasteiger partial charge in [-0.1, -0.05) is 0 Å². The van der Waals surface area contributed by atoms with Crippen LogP contribution in [-0.2, 0) is 4.79 Å². The first-order chi connectivity index (χ1) is 13.0. The topological polar surface area (TPSA) is 80.3 Å². The third kappa shape index (κ3) is 4.92. The molecule has 2 amide bonds. The zero-order chi connectivity index (χ0) is 19.2. The van der Waals surface area contributed by atoms with Gasteiger partial charge in [-0.05, 0) is 55.5 Å². The molecule has 6 nitrogen and oxygen atoms in total. The van der Waals surface area contributed by atoms with Crippen molar-refractivity contribution in [3.63, 3.8) is 0 Å². The van der Waals surface area contributed by atoms with E-state index in [0.717, 1.165) is 16.3 Å². The van der Waals surface area contributed by atoms with Crippen molar-refractivity contribution in [3.05, 3.63) is 65.2 Å². The molecule has 0 unspecified atom stereocenters. The molecule has 1 heterocycles. The molecule has 3 rings (SSSR count). The van der Waals surface area contributed by atoms with Crippen molar-refractivity contribution in [2.24, 2.45) is 0 Å². The SMILES string of the molecule is CNC(=O)c1ccc(NC(=O)COc2ccc(-c3nc(C)cs3)cc2)cc1. The van der Waals surface area contributed by atoms with E-state index in [1.54, 1.807) is 42.6 Å². The average Bonchev–Trinajstić information content (AvgIpc) is 3.13. The maximum Gasteiger partial charge on any atom is 0.262 e. The first kappa shape index (κ1) is 18.6. The van der Waals surface area contributed by atoms with Crippen LogP contribution < -0.4 is 15.4 Å². The van der Waals surface area contributed by atoms with Crippen LogP contribution in [0, 0.1) is 6.92 Å². The number of hydrogen-bond donors (Lipinski definition) is 2. The minimum Gasteiger partial charge on any atom is -0.484 e. The number of carbonyl (C=O) groups excluding carboxylic acids is 2. The molecule has 2 N–H and O–H groups in total. The van der Waals surface area contributed by atoms with Crippen LogP contribution in [0.2, 0.25) is 0 Å². The number of amides is 2. The summed E-state index contributed by atoms with van der Waals surface area (Å²) in [6.07, 6.45) is 0. The van der Waals surface area contributed by atoms with E-state index < -0.39 is 0 Å². The summed E-state index contributed by atoms with van der Waals surface area (Å²) in [5, 5.41) is 8.24. The second kappa shape index (κ2) is 8.46. The summed E-state index contributed by atoms with van der Waals surface area (Å²) < 4.78 is 5.52. The average molecular weight is 381 g/mol. The molecule has 0 radical (unpaired) electrons. The number of hydrogen-bond acceptors (Lipinski definition) is 5. The molecular weight excluding hydrogens is 362 g/mol. The number of rotatable bonds is 6. The molecule has 0 aliphatic rings. The van der Waals surface area contributed by atoms with Crippen LogP contribution in [-0.4, -0.2) is 30.5 Å². The number of nitrogens with zero attached hydrogens (tertiary/aromatic N) is 1. The van der Waals surface area contributed by atoms with Gasteiger partial charge < -0.3 is 15.4 Å². The number of anilines is 1. The fraction of sp³-hybridized carbons (Fsp3) is 0.150. The minimum atomic E-state index is -0.276. The molecule has 0 saturated carbocycles. The first-order valence-electron chi connectivity index (χ1n) is 8.32. The Kier molecular flexibility index (Phi) is 5.83. The Labute approximate surface area is 161 Å². The molecule has 1 aromatic heterocycles. The summed E-state index contributed by atoms with van der Waals surface area (Å²) in [5.74, 6) is 0.159. The van der Waals surface area contributed by atoms with Crippen LogP contribution in [0.1, 0.15) is 16.1 Å². The highest BCUT2D eigenvalue weighted by atomic mass is 32.1. The Bertz CT molecular complexity index is 934. The predicted molar refractivity (Wildman–Crippen MR) is 106 cm³/mol. The number of benzene rings is 2. The van der Waals surface area contributed by atoms with Crippen molar-refractivity contribution in [3.8, 4) is 16.3 Å². The standard InChI is InChI=1S/C20H19N3O3S/c1-13-12-27-20(22-13)15-5-9-17(10-6-15)26-11-18(24)23-16-7-3-14(4-8-16)19(25)21-2/h3-10,12H,11H2,1-2H3,(H,21,25)(H,23,24). The monoisotopic (exact) mass is 381 g/mol. The highest BCUT2D eigenvalue weighted by Crippen LogP contribution is 2.25. The summed E-state index contributed by atoms with van der Waals surface area (Å²) in [6, 6.07) is 14.1. The van der Waals surface area contributed by atoms with Gasteiger partial charge in [0.2, 0.25) is 0 Å². The van der Waals surface area contributed by atoms with Crippen LogP contribution in [0.5, 0.6) is 5.75 Å². The van der Waals surface area contributed by atoms with E-state index in [9.17, 15) is 9.59 Å². The van der Waals surface area contributed by atoms with Crippen molar-refractivity contribution < 1.29 is 14.3 Å². The van der Waals surface area contributed by atoms with Crippen molar-refractivity contribution in [2.75, 3.05) is 19.0 Å². The molecule has 0 atom stereocenters. The molecule has 0 spiro atoms. The van der Waals surface area contributed by atoms with Crippen molar-refractivity contribution >= 4 is 28.8 Å². The van der Waals surface area contributed by atoms with E-state index in [1.807, 2.05) is 36.6 Å². The number of aryl methyl sites for hydroxylation is 1. The molecule has 2 aromatic carbocycles. The Balaban J connectivity index is 1.52. The van der Waals surface area contributed by atoms with Crippen LogP contribution in [0.25, 0.3) is 10.6 Å². The lowest BCUT2D eigenvalue weighted by molar-refractivity contribution is -0.118. The molecule has 0 aliphatic carbocycles. The van der Waals surface area contributed by atoms with E-state index in [1.165, 1.54) is 0 Å². The first-order valence-corrected chi connectivity index (χ1v) is 9.20. The van der Waals surface area contributed by atoms with E-state index >= 15 is 0 Å². The van der Waals surface area contributed by atoms with Crippen molar-refractivity contribution in [2.45, 2.75) is 6.92 Å². The largest absolute Gasteiger partial charge is 0.484 e. The summed E-state index contributed by atoms with van der Waals surface area (Å²) in [5.41, 5.74) is 3.14. The number of nitrogens with one attached hydrogen (secondary N) is 2. The maximum atomic E-state index is 12.0. The Hall–Kier alpha value is -3.19. The van der Waals surface area contributed by atoms with Gasteiger partial charge in [-0.15, -0.1) is 11.3 Å². The van der Waals surface area contributed by atoms with Gasteiger partial charge in [-0.2, -0.15) is 0 Å². The molecule has 0 saturated heterocycles. The molecule has 138 valence electrons. The molecule has 0 aliphatic heterocycles. The third-order valence-corrected chi connectivity index (χ3v) is 4.76.